The number of hydrogen-bond acceptors (Lipinski definition) is 6. The number of aromatic nitrogens is 2. The summed E-state index contributed by atoms with van der Waals surface area (Å²) in [6.07, 6.45) is 4.09. The average Bonchev–Trinajstić information content (AvgIpc) is 2.72. The SMILES string of the molecule is CCOC(=O)N1CCC(NC(=O)c2cnc(Nc3ccc(C)c(C)c3)cn2)CC1. The maximum atomic E-state index is 12.4. The van der Waals surface area contributed by atoms with Crippen LogP contribution in [-0.4, -0.2) is 52.6 Å². The van der Waals surface area contributed by atoms with Crippen molar-refractivity contribution < 1.29 is 14.3 Å². The van der Waals surface area contributed by atoms with Crippen LogP contribution in [0.3, 0.4) is 0 Å². The van der Waals surface area contributed by atoms with Gasteiger partial charge in [0.1, 0.15) is 11.5 Å². The van der Waals surface area contributed by atoms with Gasteiger partial charge in [0.2, 0.25) is 0 Å². The Balaban J connectivity index is 1.51. The van der Waals surface area contributed by atoms with E-state index in [4.69, 9.17) is 4.74 Å². The molecule has 2 heterocycles. The molecule has 2 aromatic rings. The molecule has 0 unspecified atom stereocenters. The normalized spacial score (nSPS) is 14.4. The number of carbonyl (C=O) groups is 2. The van der Waals surface area contributed by atoms with Crippen molar-refractivity contribution in [3.63, 3.8) is 0 Å². The zero-order chi connectivity index (χ0) is 20.8. The highest BCUT2D eigenvalue weighted by Crippen LogP contribution is 2.18. The van der Waals surface area contributed by atoms with Crippen LogP contribution in [0.15, 0.2) is 30.6 Å². The zero-order valence-corrected chi connectivity index (χ0v) is 17.1. The third-order valence-electron chi connectivity index (χ3n) is 5.02. The van der Waals surface area contributed by atoms with Gasteiger partial charge in [0, 0.05) is 24.8 Å². The van der Waals surface area contributed by atoms with Crippen LogP contribution in [0.1, 0.15) is 41.4 Å². The summed E-state index contributed by atoms with van der Waals surface area (Å²) >= 11 is 0. The van der Waals surface area contributed by atoms with Gasteiger partial charge in [0.15, 0.2) is 0 Å². The Labute approximate surface area is 170 Å². The molecule has 29 heavy (non-hydrogen) atoms. The van der Waals surface area contributed by atoms with Crippen molar-refractivity contribution in [3.8, 4) is 0 Å². The molecule has 0 spiro atoms. The second-order valence-corrected chi connectivity index (χ2v) is 7.14. The van der Waals surface area contributed by atoms with Crippen LogP contribution in [0.25, 0.3) is 0 Å². The Kier molecular flexibility index (Phi) is 6.64. The van der Waals surface area contributed by atoms with Gasteiger partial charge in [-0.3, -0.25) is 4.79 Å². The number of nitrogens with one attached hydrogen (secondary N) is 2. The van der Waals surface area contributed by atoms with Crippen molar-refractivity contribution in [2.75, 3.05) is 25.0 Å². The van der Waals surface area contributed by atoms with Gasteiger partial charge in [0.05, 0.1) is 19.0 Å². The first kappa shape index (κ1) is 20.6. The molecule has 2 amide bonds. The third-order valence-corrected chi connectivity index (χ3v) is 5.02. The zero-order valence-electron chi connectivity index (χ0n) is 17.1. The van der Waals surface area contributed by atoms with E-state index in [1.807, 2.05) is 18.2 Å². The van der Waals surface area contributed by atoms with Crippen LogP contribution in [0, 0.1) is 13.8 Å². The number of carbonyl (C=O) groups excluding carboxylic acids is 2. The second-order valence-electron chi connectivity index (χ2n) is 7.14. The highest BCUT2D eigenvalue weighted by molar-refractivity contribution is 5.92. The summed E-state index contributed by atoms with van der Waals surface area (Å²) in [6, 6.07) is 6.07. The monoisotopic (exact) mass is 397 g/mol. The Bertz CT molecular complexity index is 861. The molecule has 0 aliphatic carbocycles. The number of hydrogen-bond donors (Lipinski definition) is 2. The smallest absolute Gasteiger partial charge is 0.409 e. The average molecular weight is 397 g/mol. The van der Waals surface area contributed by atoms with E-state index in [1.54, 1.807) is 18.0 Å². The molecular weight excluding hydrogens is 370 g/mol. The van der Waals surface area contributed by atoms with Gasteiger partial charge in [-0.1, -0.05) is 6.07 Å². The minimum Gasteiger partial charge on any atom is -0.450 e. The van der Waals surface area contributed by atoms with Gasteiger partial charge in [0.25, 0.3) is 5.91 Å². The third kappa shape index (κ3) is 5.43. The fourth-order valence-corrected chi connectivity index (χ4v) is 3.16. The lowest BCUT2D eigenvalue weighted by molar-refractivity contribution is 0.0856. The fraction of sp³-hybridized carbons (Fsp3) is 0.429. The summed E-state index contributed by atoms with van der Waals surface area (Å²) in [5.74, 6) is 0.317. The first-order chi connectivity index (χ1) is 14.0. The van der Waals surface area contributed by atoms with E-state index >= 15 is 0 Å². The summed E-state index contributed by atoms with van der Waals surface area (Å²) in [4.78, 5) is 34.4. The number of nitrogens with zero attached hydrogens (tertiary/aromatic N) is 3. The van der Waals surface area contributed by atoms with E-state index in [2.05, 4.69) is 34.4 Å². The number of ether oxygens (including phenoxy) is 1. The topological polar surface area (TPSA) is 96.5 Å². The molecule has 0 saturated carbocycles. The summed E-state index contributed by atoms with van der Waals surface area (Å²) in [5, 5.41) is 6.16. The van der Waals surface area contributed by atoms with Crippen LogP contribution < -0.4 is 10.6 Å². The van der Waals surface area contributed by atoms with Crippen molar-refractivity contribution in [1.82, 2.24) is 20.2 Å². The predicted octanol–water partition coefficient (Wildman–Crippen LogP) is 3.19. The van der Waals surface area contributed by atoms with Gasteiger partial charge in [-0.2, -0.15) is 0 Å². The van der Waals surface area contributed by atoms with E-state index in [1.165, 1.54) is 17.3 Å². The minimum absolute atomic E-state index is 0.00307. The highest BCUT2D eigenvalue weighted by Gasteiger charge is 2.25. The first-order valence-electron chi connectivity index (χ1n) is 9.85. The molecule has 1 aliphatic heterocycles. The Morgan fingerprint density at radius 3 is 2.52 bits per heavy atom. The van der Waals surface area contributed by atoms with Gasteiger partial charge in [-0.25, -0.2) is 14.8 Å². The molecule has 1 saturated heterocycles. The minimum atomic E-state index is -0.296. The molecule has 8 heteroatoms. The highest BCUT2D eigenvalue weighted by atomic mass is 16.6. The number of aryl methyl sites for hydroxylation is 2. The van der Waals surface area contributed by atoms with E-state index < -0.39 is 0 Å². The van der Waals surface area contributed by atoms with Gasteiger partial charge < -0.3 is 20.3 Å². The van der Waals surface area contributed by atoms with E-state index in [9.17, 15) is 9.59 Å². The molecular formula is C21H27N5O3. The molecule has 1 aromatic carbocycles. The molecule has 0 atom stereocenters. The van der Waals surface area contributed by atoms with Gasteiger partial charge in [-0.15, -0.1) is 0 Å². The fourth-order valence-electron chi connectivity index (χ4n) is 3.16. The second kappa shape index (κ2) is 9.36. The van der Waals surface area contributed by atoms with E-state index in [0.717, 1.165) is 5.69 Å². The molecule has 154 valence electrons. The number of piperidine rings is 1. The van der Waals surface area contributed by atoms with E-state index in [-0.39, 0.29) is 23.7 Å². The van der Waals surface area contributed by atoms with Crippen LogP contribution >= 0.6 is 0 Å². The van der Waals surface area contributed by atoms with Gasteiger partial charge >= 0.3 is 6.09 Å². The molecule has 3 rings (SSSR count). The van der Waals surface area contributed by atoms with Crippen LogP contribution in [0.4, 0.5) is 16.3 Å². The van der Waals surface area contributed by atoms with Crippen LogP contribution in [0.2, 0.25) is 0 Å². The Morgan fingerprint density at radius 1 is 1.14 bits per heavy atom. The van der Waals surface area contributed by atoms with Crippen molar-refractivity contribution >= 4 is 23.5 Å². The molecule has 1 fully saturated rings. The molecule has 0 bridgehead atoms. The van der Waals surface area contributed by atoms with Crippen molar-refractivity contribution in [3.05, 3.63) is 47.4 Å². The molecule has 8 nitrogen and oxygen atoms in total. The molecule has 1 aliphatic rings. The number of anilines is 2. The lowest BCUT2D eigenvalue weighted by Crippen LogP contribution is -2.46. The molecule has 2 N–H and O–H groups in total. The predicted molar refractivity (Wildman–Crippen MR) is 110 cm³/mol. The Morgan fingerprint density at radius 2 is 1.90 bits per heavy atom. The number of benzene rings is 1. The lowest BCUT2D eigenvalue weighted by Gasteiger charge is -2.31. The van der Waals surface area contributed by atoms with E-state index in [0.29, 0.717) is 38.4 Å². The quantitative estimate of drug-likeness (QED) is 0.804. The molecule has 0 radical (unpaired) electrons. The number of rotatable bonds is 5. The van der Waals surface area contributed by atoms with Crippen LogP contribution in [-0.2, 0) is 4.74 Å². The summed E-state index contributed by atoms with van der Waals surface area (Å²) in [6.45, 7) is 7.39. The lowest BCUT2D eigenvalue weighted by atomic mass is 10.1. The standard InChI is InChI=1S/C21H27N5O3/c1-4-29-21(28)26-9-7-16(8-10-26)25-20(27)18-12-23-19(13-22-18)24-17-6-5-14(2)15(3)11-17/h5-6,11-13,16H,4,7-10H2,1-3H3,(H,23,24)(H,25,27). The number of likely N-dealkylation sites (tertiary alicyclic amines) is 1. The van der Waals surface area contributed by atoms with Crippen LogP contribution in [0.5, 0.6) is 0 Å². The van der Waals surface area contributed by atoms with Gasteiger partial charge in [-0.05, 0) is 56.9 Å². The summed E-state index contributed by atoms with van der Waals surface area (Å²) in [7, 11) is 0. The maximum absolute atomic E-state index is 12.4. The molecule has 1 aromatic heterocycles. The van der Waals surface area contributed by atoms with Crippen molar-refractivity contribution in [2.24, 2.45) is 0 Å². The summed E-state index contributed by atoms with van der Waals surface area (Å²) < 4.78 is 5.01. The van der Waals surface area contributed by atoms with Crippen molar-refractivity contribution in [2.45, 2.75) is 39.7 Å². The van der Waals surface area contributed by atoms with Crippen molar-refractivity contribution in [1.29, 1.82) is 0 Å². The first-order valence-corrected chi connectivity index (χ1v) is 9.85. The maximum Gasteiger partial charge on any atom is 0.409 e. The largest absolute Gasteiger partial charge is 0.450 e. The Hall–Kier alpha value is -3.16. The number of amides is 2. The summed E-state index contributed by atoms with van der Waals surface area (Å²) in [5.41, 5.74) is 3.60.